The van der Waals surface area contributed by atoms with Crippen molar-refractivity contribution in [1.82, 2.24) is 19.4 Å². The predicted molar refractivity (Wildman–Crippen MR) is 111 cm³/mol. The van der Waals surface area contributed by atoms with Gasteiger partial charge in [0.05, 0.1) is 5.02 Å². The molecule has 5 rings (SSSR count). The lowest BCUT2D eigenvalue weighted by Gasteiger charge is -2.42. The third-order valence-corrected chi connectivity index (χ3v) is 6.73. The van der Waals surface area contributed by atoms with E-state index in [4.69, 9.17) is 11.6 Å². The first-order valence-electron chi connectivity index (χ1n) is 10.4. The minimum absolute atomic E-state index is 0.0576. The molecular weight excluding hydrogens is 388 g/mol. The van der Waals surface area contributed by atoms with Gasteiger partial charge in [0.25, 0.3) is 11.5 Å². The van der Waals surface area contributed by atoms with E-state index in [1.807, 2.05) is 15.5 Å². The lowest BCUT2D eigenvalue weighted by molar-refractivity contribution is 0.0588. The molecule has 2 aromatic rings. The predicted octanol–water partition coefficient (Wildman–Crippen LogP) is 2.75. The van der Waals surface area contributed by atoms with Crippen LogP contribution < -0.4 is 5.56 Å². The van der Waals surface area contributed by atoms with Crippen LogP contribution in [0.2, 0.25) is 5.02 Å². The number of piperidine rings is 1. The first-order chi connectivity index (χ1) is 14.1. The highest BCUT2D eigenvalue weighted by Gasteiger charge is 2.37. The topological polar surface area (TPSA) is 58.4 Å². The summed E-state index contributed by atoms with van der Waals surface area (Å²) in [6.45, 7) is 4.91. The third kappa shape index (κ3) is 3.60. The molecule has 29 heavy (non-hydrogen) atoms. The van der Waals surface area contributed by atoms with Crippen LogP contribution in [0.4, 0.5) is 0 Å². The summed E-state index contributed by atoms with van der Waals surface area (Å²) in [7, 11) is 0. The molecule has 0 N–H and O–H groups in total. The van der Waals surface area contributed by atoms with Crippen LogP contribution >= 0.6 is 11.6 Å². The maximum Gasteiger partial charge on any atom is 0.272 e. The summed E-state index contributed by atoms with van der Waals surface area (Å²) in [5.41, 5.74) is 2.54. The van der Waals surface area contributed by atoms with Crippen molar-refractivity contribution in [3.8, 4) is 0 Å². The number of fused-ring (bicyclic) bond motifs is 4. The number of nitrogens with zero attached hydrogens (tertiary/aromatic N) is 4. The zero-order valence-electron chi connectivity index (χ0n) is 16.4. The second-order valence-electron chi connectivity index (χ2n) is 8.55. The number of hydrogen-bond acceptors (Lipinski definition) is 4. The second-order valence-corrected chi connectivity index (χ2v) is 8.99. The van der Waals surface area contributed by atoms with Crippen molar-refractivity contribution in [2.24, 2.45) is 5.92 Å². The highest BCUT2D eigenvalue weighted by Crippen LogP contribution is 2.35. The monoisotopic (exact) mass is 412 g/mol. The van der Waals surface area contributed by atoms with E-state index in [-0.39, 0.29) is 17.4 Å². The molecule has 0 unspecified atom stereocenters. The van der Waals surface area contributed by atoms with Crippen LogP contribution in [0.5, 0.6) is 0 Å². The van der Waals surface area contributed by atoms with Gasteiger partial charge in [0.2, 0.25) is 0 Å². The van der Waals surface area contributed by atoms with Gasteiger partial charge in [-0.05, 0) is 56.5 Å². The standard InChI is InChI=1S/C22H25ClN4O2/c23-18-4-5-19(24-10-18)22(29)26-11-15-9-17(14-26)20-6-3-16(21(28)27(20)12-15)13-25-7-1-2-8-25/h3-6,10,15,17H,1-2,7-9,11-14H2/t15-,17+/m0/s1. The first-order valence-corrected chi connectivity index (χ1v) is 10.8. The van der Waals surface area contributed by atoms with Crippen molar-refractivity contribution >= 4 is 17.5 Å². The molecule has 0 aliphatic carbocycles. The van der Waals surface area contributed by atoms with E-state index >= 15 is 0 Å². The number of carbonyl (C=O) groups is 1. The van der Waals surface area contributed by atoms with Gasteiger partial charge >= 0.3 is 0 Å². The van der Waals surface area contributed by atoms with Gasteiger partial charge in [-0.3, -0.25) is 14.5 Å². The molecule has 2 saturated heterocycles. The molecule has 2 aromatic heterocycles. The molecule has 6 nitrogen and oxygen atoms in total. The van der Waals surface area contributed by atoms with Crippen LogP contribution in [0.15, 0.2) is 35.3 Å². The van der Waals surface area contributed by atoms with Gasteiger partial charge in [0.1, 0.15) is 5.69 Å². The summed E-state index contributed by atoms with van der Waals surface area (Å²) in [5, 5.41) is 0.523. The average Bonchev–Trinajstić information content (AvgIpc) is 3.23. The maximum atomic E-state index is 13.1. The van der Waals surface area contributed by atoms with Crippen molar-refractivity contribution in [2.75, 3.05) is 26.2 Å². The fourth-order valence-electron chi connectivity index (χ4n) is 5.12. The smallest absolute Gasteiger partial charge is 0.272 e. The quantitative estimate of drug-likeness (QED) is 0.777. The van der Waals surface area contributed by atoms with E-state index in [2.05, 4.69) is 16.0 Å². The number of aromatic nitrogens is 2. The molecule has 2 bridgehead atoms. The van der Waals surface area contributed by atoms with Gasteiger partial charge in [-0.2, -0.15) is 0 Å². The summed E-state index contributed by atoms with van der Waals surface area (Å²) >= 11 is 5.89. The molecule has 0 spiro atoms. The Morgan fingerprint density at radius 3 is 2.69 bits per heavy atom. The Morgan fingerprint density at radius 1 is 1.10 bits per heavy atom. The van der Waals surface area contributed by atoms with E-state index in [1.54, 1.807) is 12.1 Å². The minimum atomic E-state index is -0.0576. The summed E-state index contributed by atoms with van der Waals surface area (Å²) in [5.74, 6) is 0.447. The van der Waals surface area contributed by atoms with E-state index in [0.717, 1.165) is 37.3 Å². The molecular formula is C22H25ClN4O2. The maximum absolute atomic E-state index is 13.1. The summed E-state index contributed by atoms with van der Waals surface area (Å²) in [4.78, 5) is 34.5. The number of amides is 1. The van der Waals surface area contributed by atoms with Gasteiger partial charge in [0.15, 0.2) is 0 Å². The van der Waals surface area contributed by atoms with E-state index in [9.17, 15) is 9.59 Å². The van der Waals surface area contributed by atoms with Crippen molar-refractivity contribution in [1.29, 1.82) is 0 Å². The van der Waals surface area contributed by atoms with Gasteiger partial charge in [-0.25, -0.2) is 4.98 Å². The summed E-state index contributed by atoms with van der Waals surface area (Å²) < 4.78 is 1.98. The van der Waals surface area contributed by atoms with Crippen molar-refractivity contribution in [3.05, 3.63) is 62.8 Å². The lowest BCUT2D eigenvalue weighted by Crippen LogP contribution is -2.49. The molecule has 3 aliphatic rings. The fraction of sp³-hybridized carbons (Fsp3) is 0.500. The van der Waals surface area contributed by atoms with Crippen LogP contribution in [0.1, 0.15) is 46.9 Å². The number of rotatable bonds is 3. The molecule has 5 heterocycles. The third-order valence-electron chi connectivity index (χ3n) is 6.51. The Hall–Kier alpha value is -2.18. The Balaban J connectivity index is 1.38. The van der Waals surface area contributed by atoms with Crippen molar-refractivity contribution in [2.45, 2.75) is 38.3 Å². The first kappa shape index (κ1) is 18.8. The Bertz CT molecular complexity index is 981. The molecule has 1 amide bonds. The normalized spacial score (nSPS) is 23.8. The second kappa shape index (κ2) is 7.58. The van der Waals surface area contributed by atoms with Gasteiger partial charge in [-0.1, -0.05) is 17.7 Å². The van der Waals surface area contributed by atoms with E-state index in [1.165, 1.54) is 19.0 Å². The zero-order valence-corrected chi connectivity index (χ0v) is 17.1. The van der Waals surface area contributed by atoms with Crippen LogP contribution in [0.3, 0.4) is 0 Å². The molecule has 152 valence electrons. The minimum Gasteiger partial charge on any atom is -0.336 e. The average molecular weight is 413 g/mol. The van der Waals surface area contributed by atoms with Gasteiger partial charge < -0.3 is 9.47 Å². The van der Waals surface area contributed by atoms with Crippen molar-refractivity contribution < 1.29 is 4.79 Å². The Labute approximate surface area is 175 Å². The Morgan fingerprint density at radius 2 is 1.93 bits per heavy atom. The molecule has 7 heteroatoms. The van der Waals surface area contributed by atoms with Crippen LogP contribution in [0, 0.1) is 5.92 Å². The molecule has 3 aliphatic heterocycles. The highest BCUT2D eigenvalue weighted by atomic mass is 35.5. The summed E-state index contributed by atoms with van der Waals surface area (Å²) in [6, 6.07) is 7.50. The lowest BCUT2D eigenvalue weighted by atomic mass is 9.83. The SMILES string of the molecule is O=C(c1ccc(Cl)cn1)N1C[C@@H]2C[C@H](C1)c1ccc(CN3CCCC3)c(=O)n1C2. The van der Waals surface area contributed by atoms with Crippen LogP contribution in [-0.2, 0) is 13.1 Å². The van der Waals surface area contributed by atoms with Crippen LogP contribution in [-0.4, -0.2) is 51.4 Å². The molecule has 2 fully saturated rings. The zero-order chi connectivity index (χ0) is 20.0. The Kier molecular flexibility index (Phi) is 4.92. The largest absolute Gasteiger partial charge is 0.336 e. The number of pyridine rings is 2. The molecule has 0 saturated carbocycles. The van der Waals surface area contributed by atoms with Crippen molar-refractivity contribution in [3.63, 3.8) is 0 Å². The molecule has 0 radical (unpaired) electrons. The van der Waals surface area contributed by atoms with E-state index < -0.39 is 0 Å². The van der Waals surface area contributed by atoms with Gasteiger partial charge in [0, 0.05) is 49.6 Å². The molecule has 2 atom stereocenters. The number of likely N-dealkylation sites (tertiary alicyclic amines) is 2. The number of carbonyl (C=O) groups excluding carboxylic acids is 1. The number of halogens is 1. The molecule has 0 aromatic carbocycles. The van der Waals surface area contributed by atoms with Gasteiger partial charge in [-0.15, -0.1) is 0 Å². The van der Waals surface area contributed by atoms with Crippen LogP contribution in [0.25, 0.3) is 0 Å². The summed E-state index contributed by atoms with van der Waals surface area (Å²) in [6.07, 6.45) is 4.99. The van der Waals surface area contributed by atoms with E-state index in [0.29, 0.717) is 36.3 Å². The fourth-order valence-corrected chi connectivity index (χ4v) is 5.23. The number of hydrogen-bond donors (Lipinski definition) is 0. The highest BCUT2D eigenvalue weighted by molar-refractivity contribution is 6.30.